The van der Waals surface area contributed by atoms with Gasteiger partial charge in [-0.1, -0.05) is 29.4 Å². The van der Waals surface area contributed by atoms with E-state index in [1.54, 1.807) is 6.92 Å². The molecule has 22 heavy (non-hydrogen) atoms. The monoisotopic (exact) mass is 299 g/mol. The number of hydrogen-bond acceptors (Lipinski definition) is 5. The van der Waals surface area contributed by atoms with Crippen LogP contribution in [0.2, 0.25) is 0 Å². The lowest BCUT2D eigenvalue weighted by Gasteiger charge is -2.42. The van der Waals surface area contributed by atoms with E-state index in [1.165, 1.54) is 11.1 Å². The highest BCUT2D eigenvalue weighted by Gasteiger charge is 2.39. The summed E-state index contributed by atoms with van der Waals surface area (Å²) in [6.45, 7) is 3.36. The Hall–Kier alpha value is -2.21. The maximum atomic E-state index is 12.4. The number of likely N-dealkylation sites (tertiary alicyclic amines) is 1. The Morgan fingerprint density at radius 1 is 1.41 bits per heavy atom. The van der Waals surface area contributed by atoms with Gasteiger partial charge in [-0.3, -0.25) is 4.79 Å². The number of aryl methyl sites for hydroxylation is 1. The summed E-state index contributed by atoms with van der Waals surface area (Å²) in [5, 5.41) is 3.71. The fourth-order valence-corrected chi connectivity index (χ4v) is 3.01. The number of ether oxygens (including phenoxy) is 1. The molecule has 1 unspecified atom stereocenters. The van der Waals surface area contributed by atoms with Gasteiger partial charge >= 0.3 is 0 Å². The van der Waals surface area contributed by atoms with E-state index in [-0.39, 0.29) is 17.9 Å². The van der Waals surface area contributed by atoms with Crippen molar-refractivity contribution in [3.63, 3.8) is 0 Å². The number of hydrogen-bond donors (Lipinski definition) is 0. The minimum atomic E-state index is 0.0377. The van der Waals surface area contributed by atoms with Gasteiger partial charge in [0, 0.05) is 13.1 Å². The van der Waals surface area contributed by atoms with Crippen LogP contribution in [0, 0.1) is 6.92 Å². The van der Waals surface area contributed by atoms with Crippen LogP contribution in [-0.4, -0.2) is 40.1 Å². The number of fused-ring (bicyclic) bond motifs is 1. The van der Waals surface area contributed by atoms with Gasteiger partial charge in [-0.2, -0.15) is 4.98 Å². The fourth-order valence-electron chi connectivity index (χ4n) is 3.01. The van der Waals surface area contributed by atoms with Crippen molar-refractivity contribution in [2.75, 3.05) is 13.1 Å². The first-order valence-electron chi connectivity index (χ1n) is 7.48. The van der Waals surface area contributed by atoms with Gasteiger partial charge in [0.2, 0.25) is 5.91 Å². The smallest absolute Gasteiger partial charge is 0.252 e. The van der Waals surface area contributed by atoms with Crippen molar-refractivity contribution in [3.05, 3.63) is 47.1 Å². The average molecular weight is 299 g/mol. The molecule has 1 aromatic heterocycles. The van der Waals surface area contributed by atoms with Gasteiger partial charge in [0.05, 0.1) is 12.0 Å². The maximum absolute atomic E-state index is 12.4. The van der Waals surface area contributed by atoms with Crippen molar-refractivity contribution >= 4 is 5.91 Å². The van der Waals surface area contributed by atoms with Crippen molar-refractivity contribution in [1.82, 2.24) is 15.0 Å². The Balaban J connectivity index is 1.26. The summed E-state index contributed by atoms with van der Waals surface area (Å²) < 4.78 is 10.7. The summed E-state index contributed by atoms with van der Waals surface area (Å²) >= 11 is 0. The van der Waals surface area contributed by atoms with Gasteiger partial charge < -0.3 is 14.2 Å². The van der Waals surface area contributed by atoms with E-state index in [0.29, 0.717) is 31.4 Å². The van der Waals surface area contributed by atoms with Crippen LogP contribution in [0.5, 0.6) is 0 Å². The molecule has 1 atom stereocenters. The highest BCUT2D eigenvalue weighted by Crippen LogP contribution is 2.37. The lowest BCUT2D eigenvalue weighted by atomic mass is 9.76. The molecule has 0 saturated carbocycles. The maximum Gasteiger partial charge on any atom is 0.252 e. The summed E-state index contributed by atoms with van der Waals surface area (Å²) in [7, 11) is 0. The molecular formula is C16H17N3O3. The van der Waals surface area contributed by atoms with Crippen LogP contribution < -0.4 is 0 Å². The van der Waals surface area contributed by atoms with Crippen LogP contribution in [0.25, 0.3) is 0 Å². The Morgan fingerprint density at radius 2 is 2.23 bits per heavy atom. The van der Waals surface area contributed by atoms with Gasteiger partial charge in [0.25, 0.3) is 5.89 Å². The van der Waals surface area contributed by atoms with E-state index in [2.05, 4.69) is 16.2 Å². The van der Waals surface area contributed by atoms with Gasteiger partial charge in [-0.25, -0.2) is 0 Å². The number of aromatic nitrogens is 2. The summed E-state index contributed by atoms with van der Waals surface area (Å²) in [4.78, 5) is 18.4. The summed E-state index contributed by atoms with van der Waals surface area (Å²) in [6.07, 6.45) is 0.921. The molecule has 1 amide bonds. The largest absolute Gasteiger partial charge is 0.365 e. The Labute approximate surface area is 128 Å². The number of carbonyl (C=O) groups excluding carboxylic acids is 1. The van der Waals surface area contributed by atoms with Crippen LogP contribution in [0.15, 0.2) is 28.8 Å². The summed E-state index contributed by atoms with van der Waals surface area (Å²) in [5.41, 5.74) is 2.47. The Morgan fingerprint density at radius 3 is 2.95 bits per heavy atom. The lowest BCUT2D eigenvalue weighted by molar-refractivity contribution is -0.148. The second-order valence-electron chi connectivity index (χ2n) is 5.87. The van der Waals surface area contributed by atoms with E-state index >= 15 is 0 Å². The number of carbonyl (C=O) groups is 1. The first-order valence-corrected chi connectivity index (χ1v) is 7.48. The fraction of sp³-hybridized carbons (Fsp3) is 0.438. The van der Waals surface area contributed by atoms with Crippen molar-refractivity contribution in [3.8, 4) is 0 Å². The summed E-state index contributed by atoms with van der Waals surface area (Å²) in [5.74, 6) is 1.34. The zero-order valence-electron chi connectivity index (χ0n) is 12.4. The van der Waals surface area contributed by atoms with Crippen molar-refractivity contribution < 1.29 is 14.1 Å². The van der Waals surface area contributed by atoms with Gasteiger partial charge in [0.1, 0.15) is 6.61 Å². The zero-order chi connectivity index (χ0) is 15.1. The molecule has 0 radical (unpaired) electrons. The van der Waals surface area contributed by atoms with E-state index < -0.39 is 0 Å². The molecule has 1 aliphatic heterocycles. The Bertz CT molecular complexity index is 706. The highest BCUT2D eigenvalue weighted by molar-refractivity contribution is 5.87. The SMILES string of the molecule is Cc1noc(COC2CN(C(=O)C3Cc4ccccc43)C2)n1. The molecule has 0 N–H and O–H groups in total. The van der Waals surface area contributed by atoms with Crippen LogP contribution >= 0.6 is 0 Å². The van der Waals surface area contributed by atoms with E-state index in [1.807, 2.05) is 23.1 Å². The van der Waals surface area contributed by atoms with Crippen molar-refractivity contribution in [2.24, 2.45) is 0 Å². The molecule has 1 aliphatic carbocycles. The van der Waals surface area contributed by atoms with E-state index in [9.17, 15) is 4.79 Å². The van der Waals surface area contributed by atoms with Crippen LogP contribution in [0.4, 0.5) is 0 Å². The highest BCUT2D eigenvalue weighted by atomic mass is 16.5. The van der Waals surface area contributed by atoms with E-state index in [0.717, 1.165) is 6.42 Å². The Kier molecular flexibility index (Phi) is 3.18. The molecule has 114 valence electrons. The third-order valence-electron chi connectivity index (χ3n) is 4.32. The number of nitrogens with zero attached hydrogens (tertiary/aromatic N) is 3. The third-order valence-corrected chi connectivity index (χ3v) is 4.32. The van der Waals surface area contributed by atoms with Crippen LogP contribution in [-0.2, 0) is 22.6 Å². The molecule has 6 nitrogen and oxygen atoms in total. The molecule has 0 spiro atoms. The van der Waals surface area contributed by atoms with Crippen LogP contribution in [0.1, 0.15) is 28.8 Å². The minimum absolute atomic E-state index is 0.0377. The predicted octanol–water partition coefficient (Wildman–Crippen LogP) is 1.45. The van der Waals surface area contributed by atoms with Gasteiger partial charge in [-0.15, -0.1) is 0 Å². The molecule has 2 heterocycles. The molecule has 2 aliphatic rings. The topological polar surface area (TPSA) is 68.5 Å². The molecule has 1 aromatic carbocycles. The van der Waals surface area contributed by atoms with Gasteiger partial charge in [0.15, 0.2) is 5.82 Å². The molecule has 4 rings (SSSR count). The average Bonchev–Trinajstić information content (AvgIpc) is 2.84. The molecule has 0 bridgehead atoms. The predicted molar refractivity (Wildman–Crippen MR) is 77.1 cm³/mol. The second kappa shape index (κ2) is 5.21. The zero-order valence-corrected chi connectivity index (χ0v) is 12.4. The lowest BCUT2D eigenvalue weighted by Crippen LogP contribution is -2.56. The number of amides is 1. The molecule has 2 aromatic rings. The quantitative estimate of drug-likeness (QED) is 0.854. The molecular weight excluding hydrogens is 282 g/mol. The molecule has 1 saturated heterocycles. The van der Waals surface area contributed by atoms with E-state index in [4.69, 9.17) is 9.26 Å². The minimum Gasteiger partial charge on any atom is -0.365 e. The molecule has 1 fully saturated rings. The number of rotatable bonds is 4. The second-order valence-corrected chi connectivity index (χ2v) is 5.87. The summed E-state index contributed by atoms with van der Waals surface area (Å²) in [6, 6.07) is 8.15. The van der Waals surface area contributed by atoms with Crippen LogP contribution in [0.3, 0.4) is 0 Å². The standard InChI is InChI=1S/C16H17N3O3/c1-10-17-15(22-18-10)9-21-12-7-19(8-12)16(20)14-6-11-4-2-3-5-13(11)14/h2-5,12,14H,6-9H2,1H3. The number of benzene rings is 1. The third kappa shape index (κ3) is 2.29. The van der Waals surface area contributed by atoms with Gasteiger partial charge in [-0.05, 0) is 24.5 Å². The van der Waals surface area contributed by atoms with Crippen molar-refractivity contribution in [1.29, 1.82) is 0 Å². The molecule has 6 heteroatoms. The first-order chi connectivity index (χ1) is 10.7. The van der Waals surface area contributed by atoms with Crippen molar-refractivity contribution in [2.45, 2.75) is 32.0 Å². The normalized spacial score (nSPS) is 20.2. The first kappa shape index (κ1) is 13.5.